The van der Waals surface area contributed by atoms with Crippen molar-refractivity contribution in [2.24, 2.45) is 0 Å². The predicted molar refractivity (Wildman–Crippen MR) is 113 cm³/mol. The summed E-state index contributed by atoms with van der Waals surface area (Å²) in [5.41, 5.74) is -0.448. The van der Waals surface area contributed by atoms with Crippen molar-refractivity contribution in [1.82, 2.24) is 0 Å². The van der Waals surface area contributed by atoms with Crippen molar-refractivity contribution in [2.45, 2.75) is 14.7 Å². The van der Waals surface area contributed by atoms with Crippen LogP contribution >= 0.6 is 0 Å². The van der Waals surface area contributed by atoms with E-state index in [-0.39, 0.29) is 26.9 Å². The average Bonchev–Trinajstić information content (AvgIpc) is 2.65. The van der Waals surface area contributed by atoms with E-state index in [0.717, 1.165) is 30.5 Å². The number of hydrogen-bond donors (Lipinski definition) is 4. The number of carbonyl (C=O) groups is 1. The van der Waals surface area contributed by atoms with E-state index in [1.165, 1.54) is 18.2 Å². The molecule has 11 nitrogen and oxygen atoms in total. The van der Waals surface area contributed by atoms with Gasteiger partial charge >= 0.3 is 0 Å². The first kappa shape index (κ1) is 23.6. The molecule has 0 bridgehead atoms. The van der Waals surface area contributed by atoms with Gasteiger partial charge in [0.25, 0.3) is 26.1 Å². The molecule has 0 atom stereocenters. The lowest BCUT2D eigenvalue weighted by Crippen LogP contribution is -2.14. The SMILES string of the molecule is CS(=O)(=O)c1cccc(C(=O)Nc2cc(S(=O)(=O)O)cc3cc(S(=O)(=O)O)cc(O)c23)c1. The summed E-state index contributed by atoms with van der Waals surface area (Å²) in [5, 5.41) is 12.2. The molecule has 3 aromatic rings. The van der Waals surface area contributed by atoms with Gasteiger partial charge in [-0.25, -0.2) is 8.42 Å². The summed E-state index contributed by atoms with van der Waals surface area (Å²) in [6.45, 7) is 0. The maximum atomic E-state index is 12.7. The number of fused-ring (bicyclic) bond motifs is 1. The van der Waals surface area contributed by atoms with Crippen LogP contribution in [-0.4, -0.2) is 51.6 Å². The highest BCUT2D eigenvalue weighted by Crippen LogP contribution is 2.37. The van der Waals surface area contributed by atoms with E-state index in [0.29, 0.717) is 6.07 Å². The summed E-state index contributed by atoms with van der Waals surface area (Å²) in [5.74, 6) is -1.61. The van der Waals surface area contributed by atoms with Crippen molar-refractivity contribution >= 4 is 52.4 Å². The molecule has 0 fully saturated rings. The van der Waals surface area contributed by atoms with Gasteiger partial charge in [0.1, 0.15) is 5.75 Å². The zero-order chi connectivity index (χ0) is 24.1. The number of amides is 1. The Kier molecular flexibility index (Phi) is 5.78. The smallest absolute Gasteiger partial charge is 0.294 e. The van der Waals surface area contributed by atoms with Gasteiger partial charge in [0, 0.05) is 23.3 Å². The van der Waals surface area contributed by atoms with Crippen LogP contribution in [0.5, 0.6) is 5.75 Å². The fraction of sp³-hybridized carbons (Fsp3) is 0.0556. The Bertz CT molecular complexity index is 1590. The minimum absolute atomic E-state index is 0.118. The van der Waals surface area contributed by atoms with Crippen LogP contribution in [0.3, 0.4) is 0 Å². The standard InChI is InChI=1S/C18H15NO10S3/c1-30(22,23)12-4-2-3-10(5-12)18(21)19-15-8-13(31(24,25)26)6-11-7-14(32(27,28)29)9-16(20)17(11)15/h2-9,20H,1H3,(H,19,21)(H,24,25,26)(H,27,28,29). The molecule has 170 valence electrons. The van der Waals surface area contributed by atoms with Crippen molar-refractivity contribution in [2.75, 3.05) is 11.6 Å². The third-order valence-corrected chi connectivity index (χ3v) is 7.12. The summed E-state index contributed by atoms with van der Waals surface area (Å²) in [7, 11) is -13.2. The third-order valence-electron chi connectivity index (χ3n) is 4.34. The number of sulfone groups is 1. The normalized spacial score (nSPS) is 12.6. The van der Waals surface area contributed by atoms with Gasteiger partial charge in [-0.05, 0) is 41.8 Å². The maximum absolute atomic E-state index is 12.7. The Labute approximate surface area is 182 Å². The maximum Gasteiger partial charge on any atom is 0.294 e. The van der Waals surface area contributed by atoms with Crippen LogP contribution in [0, 0.1) is 0 Å². The molecule has 1 amide bonds. The number of aromatic hydroxyl groups is 1. The Hall–Kier alpha value is -3.04. The lowest BCUT2D eigenvalue weighted by molar-refractivity contribution is 0.102. The number of nitrogens with one attached hydrogen (secondary N) is 1. The van der Waals surface area contributed by atoms with Gasteiger partial charge in [0.05, 0.1) is 20.4 Å². The summed E-state index contributed by atoms with van der Waals surface area (Å²) in [6, 6.07) is 8.12. The molecule has 0 aromatic heterocycles. The summed E-state index contributed by atoms with van der Waals surface area (Å²) >= 11 is 0. The first-order valence-corrected chi connectivity index (χ1v) is 13.2. The van der Waals surface area contributed by atoms with Gasteiger partial charge < -0.3 is 10.4 Å². The van der Waals surface area contributed by atoms with Crippen molar-refractivity contribution in [3.05, 3.63) is 54.1 Å². The molecule has 32 heavy (non-hydrogen) atoms. The van der Waals surface area contributed by atoms with Gasteiger partial charge in [0.15, 0.2) is 9.84 Å². The number of anilines is 1. The van der Waals surface area contributed by atoms with Gasteiger partial charge in [-0.3, -0.25) is 13.9 Å². The molecule has 0 unspecified atom stereocenters. The van der Waals surface area contributed by atoms with Crippen LogP contribution in [0.2, 0.25) is 0 Å². The lowest BCUT2D eigenvalue weighted by atomic mass is 10.1. The summed E-state index contributed by atoms with van der Waals surface area (Å²) < 4.78 is 88.3. The molecule has 0 saturated carbocycles. The number of hydrogen-bond acceptors (Lipinski definition) is 8. The fourth-order valence-corrected chi connectivity index (χ4v) is 4.64. The molecular weight excluding hydrogens is 486 g/mol. The first-order chi connectivity index (χ1) is 14.6. The second kappa shape index (κ2) is 7.83. The summed E-state index contributed by atoms with van der Waals surface area (Å²) in [6.07, 6.45) is 0.942. The molecule has 4 N–H and O–H groups in total. The molecule has 0 aliphatic rings. The fourth-order valence-electron chi connectivity index (χ4n) is 2.90. The van der Waals surface area contributed by atoms with E-state index < -0.39 is 51.5 Å². The molecular formula is C18H15NO10S3. The molecule has 3 rings (SSSR count). The van der Waals surface area contributed by atoms with E-state index >= 15 is 0 Å². The molecule has 0 radical (unpaired) electrons. The molecule has 14 heteroatoms. The van der Waals surface area contributed by atoms with Crippen LogP contribution in [0.1, 0.15) is 10.4 Å². The van der Waals surface area contributed by atoms with Gasteiger partial charge in [0.2, 0.25) is 0 Å². The second-order valence-electron chi connectivity index (χ2n) is 6.72. The third kappa shape index (κ3) is 4.89. The highest BCUT2D eigenvalue weighted by molar-refractivity contribution is 7.90. The summed E-state index contributed by atoms with van der Waals surface area (Å²) in [4.78, 5) is 11.1. The van der Waals surface area contributed by atoms with Gasteiger partial charge in [-0.15, -0.1) is 0 Å². The molecule has 0 aliphatic carbocycles. The van der Waals surface area contributed by atoms with E-state index in [9.17, 15) is 44.3 Å². The predicted octanol–water partition coefficient (Wildman–Crippen LogP) is 1.69. The van der Waals surface area contributed by atoms with Gasteiger partial charge in [-0.1, -0.05) is 6.07 Å². The Morgan fingerprint density at radius 1 is 0.812 bits per heavy atom. The minimum atomic E-state index is -4.83. The van der Waals surface area contributed by atoms with Crippen LogP contribution in [-0.2, 0) is 30.1 Å². The van der Waals surface area contributed by atoms with E-state index in [1.54, 1.807) is 0 Å². The average molecular weight is 502 g/mol. The van der Waals surface area contributed by atoms with Crippen LogP contribution in [0.15, 0.2) is 63.2 Å². The Balaban J connectivity index is 2.22. The van der Waals surface area contributed by atoms with Crippen molar-refractivity contribution in [3.63, 3.8) is 0 Å². The molecule has 3 aromatic carbocycles. The number of phenols is 1. The quantitative estimate of drug-likeness (QED) is 0.374. The topological polar surface area (TPSA) is 192 Å². The number of carbonyl (C=O) groups excluding carboxylic acids is 1. The second-order valence-corrected chi connectivity index (χ2v) is 11.6. The largest absolute Gasteiger partial charge is 0.507 e. The van der Waals surface area contributed by atoms with Crippen molar-refractivity contribution in [3.8, 4) is 5.75 Å². The van der Waals surface area contributed by atoms with E-state index in [2.05, 4.69) is 5.32 Å². The highest BCUT2D eigenvalue weighted by Gasteiger charge is 2.21. The lowest BCUT2D eigenvalue weighted by Gasteiger charge is -2.13. The molecule has 0 aliphatic heterocycles. The minimum Gasteiger partial charge on any atom is -0.507 e. The van der Waals surface area contributed by atoms with Gasteiger partial charge in [-0.2, -0.15) is 16.8 Å². The zero-order valence-corrected chi connectivity index (χ0v) is 18.5. The Morgan fingerprint density at radius 3 is 1.91 bits per heavy atom. The highest BCUT2D eigenvalue weighted by atomic mass is 32.2. The monoisotopic (exact) mass is 501 g/mol. The van der Waals surface area contributed by atoms with E-state index in [4.69, 9.17) is 0 Å². The van der Waals surface area contributed by atoms with Crippen LogP contribution < -0.4 is 5.32 Å². The van der Waals surface area contributed by atoms with Crippen LogP contribution in [0.4, 0.5) is 5.69 Å². The van der Waals surface area contributed by atoms with Crippen molar-refractivity contribution in [1.29, 1.82) is 0 Å². The first-order valence-electron chi connectivity index (χ1n) is 8.44. The Morgan fingerprint density at radius 2 is 1.38 bits per heavy atom. The zero-order valence-electron chi connectivity index (χ0n) is 16.0. The molecule has 0 heterocycles. The number of rotatable bonds is 5. The van der Waals surface area contributed by atoms with E-state index in [1.807, 2.05) is 0 Å². The van der Waals surface area contributed by atoms with Crippen molar-refractivity contribution < 1.29 is 44.3 Å². The molecule has 0 saturated heterocycles. The molecule has 0 spiro atoms. The van der Waals surface area contributed by atoms with Crippen LogP contribution in [0.25, 0.3) is 10.8 Å². The number of benzene rings is 3. The number of phenolic OH excluding ortho intramolecular Hbond substituents is 1.